The second-order valence-corrected chi connectivity index (χ2v) is 11.6. The second-order valence-electron chi connectivity index (χ2n) is 10.1. The summed E-state index contributed by atoms with van der Waals surface area (Å²) >= 11 is 0. The molecule has 0 spiro atoms. The van der Waals surface area contributed by atoms with Crippen LogP contribution in [0.3, 0.4) is 0 Å². The third kappa shape index (κ3) is 6.35. The average molecular weight is 576 g/mol. The molecule has 4 aromatic rings. The number of nitrogens with zero attached hydrogens (tertiary/aromatic N) is 2. The maximum absolute atomic E-state index is 11.7. The van der Waals surface area contributed by atoms with E-state index in [0.29, 0.717) is 12.2 Å². The summed E-state index contributed by atoms with van der Waals surface area (Å²) in [4.78, 5) is 2.19. The van der Waals surface area contributed by atoms with E-state index >= 15 is 0 Å². The molecule has 0 saturated heterocycles. The molecule has 0 fully saturated rings. The van der Waals surface area contributed by atoms with Gasteiger partial charge in [-0.2, -0.15) is 13.0 Å². The van der Waals surface area contributed by atoms with Crippen molar-refractivity contribution < 1.29 is 17.5 Å². The lowest BCUT2D eigenvalue weighted by Crippen LogP contribution is -2.16. The molecule has 1 aliphatic carbocycles. The SMILES string of the molecule is CCN(c1ccc(C(=C2C=CC(=[N+](CC)c3cccc(S(=O)(=O)O)c3)C=C2)c2ccccc2)cc1)c1cccc(C)c1. The van der Waals surface area contributed by atoms with Gasteiger partial charge in [-0.3, -0.25) is 4.55 Å². The van der Waals surface area contributed by atoms with Gasteiger partial charge in [-0.25, -0.2) is 0 Å². The van der Waals surface area contributed by atoms with Crippen LogP contribution in [-0.2, 0) is 10.1 Å². The van der Waals surface area contributed by atoms with E-state index in [9.17, 15) is 13.0 Å². The van der Waals surface area contributed by atoms with Gasteiger partial charge in [0.15, 0.2) is 0 Å². The Kier molecular flexibility index (Phi) is 8.67. The van der Waals surface area contributed by atoms with E-state index in [1.54, 1.807) is 6.07 Å². The molecule has 0 aromatic heterocycles. The fourth-order valence-corrected chi connectivity index (χ4v) is 5.88. The molecule has 0 radical (unpaired) electrons. The normalized spacial score (nSPS) is 12.9. The van der Waals surface area contributed by atoms with Gasteiger partial charge in [0.05, 0.1) is 0 Å². The van der Waals surface area contributed by atoms with E-state index in [-0.39, 0.29) is 4.90 Å². The third-order valence-corrected chi connectivity index (χ3v) is 8.22. The highest BCUT2D eigenvalue weighted by Gasteiger charge is 2.19. The van der Waals surface area contributed by atoms with E-state index in [1.807, 2.05) is 35.8 Å². The van der Waals surface area contributed by atoms with Crippen LogP contribution in [0.2, 0.25) is 0 Å². The van der Waals surface area contributed by atoms with Crippen molar-refractivity contribution in [2.75, 3.05) is 18.0 Å². The van der Waals surface area contributed by atoms with Crippen molar-refractivity contribution in [3.8, 4) is 0 Å². The molecule has 0 heterocycles. The van der Waals surface area contributed by atoms with Crippen LogP contribution in [-0.4, -0.2) is 36.3 Å². The van der Waals surface area contributed by atoms with E-state index in [4.69, 9.17) is 0 Å². The molecule has 212 valence electrons. The summed E-state index contributed by atoms with van der Waals surface area (Å²) in [6.07, 6.45) is 8.30. The standard InChI is InChI=1S/C36H34N2O3S/c1-4-37(33-14-9-11-27(3)25-33)31-21-17-29(18-22-31)36(28-12-7-6-8-13-28)30-19-23-32(24-20-30)38(5-2)34-15-10-16-35(26-34)42(39,40)41/h6-26H,4-5H2,1-3H3/p+1. The van der Waals surface area contributed by atoms with E-state index < -0.39 is 10.1 Å². The van der Waals surface area contributed by atoms with Crippen molar-refractivity contribution in [1.29, 1.82) is 0 Å². The molecule has 1 N–H and O–H groups in total. The number of hydrogen-bond donors (Lipinski definition) is 1. The molecule has 4 aromatic carbocycles. The predicted octanol–water partition coefficient (Wildman–Crippen LogP) is 8.13. The van der Waals surface area contributed by atoms with Crippen molar-refractivity contribution in [2.24, 2.45) is 0 Å². The molecule has 6 heteroatoms. The molecule has 5 rings (SSSR count). The van der Waals surface area contributed by atoms with Crippen molar-refractivity contribution in [2.45, 2.75) is 25.7 Å². The predicted molar refractivity (Wildman–Crippen MR) is 173 cm³/mol. The Hall–Kier alpha value is -4.52. The van der Waals surface area contributed by atoms with E-state index in [0.717, 1.165) is 40.2 Å². The maximum Gasteiger partial charge on any atom is 0.294 e. The number of aryl methyl sites for hydroxylation is 1. The molecule has 1 aliphatic rings. The highest BCUT2D eigenvalue weighted by Crippen LogP contribution is 2.33. The van der Waals surface area contributed by atoms with Gasteiger partial charge in [0.2, 0.25) is 11.4 Å². The number of allylic oxidation sites excluding steroid dienone is 5. The van der Waals surface area contributed by atoms with Crippen LogP contribution < -0.4 is 4.90 Å². The molecule has 0 saturated carbocycles. The zero-order valence-corrected chi connectivity index (χ0v) is 24.9. The fourth-order valence-electron chi connectivity index (χ4n) is 5.36. The Balaban J connectivity index is 1.54. The summed E-state index contributed by atoms with van der Waals surface area (Å²) in [5.74, 6) is 0. The first-order chi connectivity index (χ1) is 20.3. The number of rotatable bonds is 8. The summed E-state index contributed by atoms with van der Waals surface area (Å²) in [5.41, 5.74) is 9.61. The van der Waals surface area contributed by atoms with Crippen LogP contribution in [0.15, 0.2) is 138 Å². The minimum atomic E-state index is -4.29. The Morgan fingerprint density at radius 3 is 2.02 bits per heavy atom. The zero-order valence-electron chi connectivity index (χ0n) is 24.1. The van der Waals surface area contributed by atoms with Gasteiger partial charge in [-0.1, -0.05) is 60.7 Å². The lowest BCUT2D eigenvalue weighted by atomic mass is 9.90. The first kappa shape index (κ1) is 29.0. The summed E-state index contributed by atoms with van der Waals surface area (Å²) < 4.78 is 35.0. The summed E-state index contributed by atoms with van der Waals surface area (Å²) in [5, 5.41) is 0. The summed E-state index contributed by atoms with van der Waals surface area (Å²) in [6.45, 7) is 7.77. The van der Waals surface area contributed by atoms with Crippen LogP contribution in [0.4, 0.5) is 17.1 Å². The first-order valence-corrected chi connectivity index (χ1v) is 15.5. The number of anilines is 2. The van der Waals surface area contributed by atoms with Gasteiger partial charge >= 0.3 is 0 Å². The molecule has 42 heavy (non-hydrogen) atoms. The second kappa shape index (κ2) is 12.6. The molecular formula is C36H35N2O3S+. The smallest absolute Gasteiger partial charge is 0.294 e. The molecule has 0 aliphatic heterocycles. The van der Waals surface area contributed by atoms with Crippen molar-refractivity contribution in [3.63, 3.8) is 0 Å². The Labute approximate surface area is 248 Å². The lowest BCUT2D eigenvalue weighted by Gasteiger charge is -2.24. The van der Waals surface area contributed by atoms with Gasteiger partial charge in [0.25, 0.3) is 10.1 Å². The Bertz CT molecular complexity index is 1800. The summed E-state index contributed by atoms with van der Waals surface area (Å²) in [6, 6.07) is 34.0. The largest absolute Gasteiger partial charge is 0.342 e. The maximum atomic E-state index is 11.7. The van der Waals surface area contributed by atoms with Crippen LogP contribution >= 0.6 is 0 Å². The van der Waals surface area contributed by atoms with Gasteiger partial charge in [0.1, 0.15) is 11.4 Å². The van der Waals surface area contributed by atoms with Crippen molar-refractivity contribution in [3.05, 3.63) is 150 Å². The molecule has 0 bridgehead atoms. The topological polar surface area (TPSA) is 60.6 Å². The quantitative estimate of drug-likeness (QED) is 0.170. The third-order valence-electron chi connectivity index (χ3n) is 7.37. The minimum absolute atomic E-state index is 0.123. The molecule has 0 amide bonds. The van der Waals surface area contributed by atoms with Crippen LogP contribution in [0.1, 0.15) is 30.5 Å². The monoisotopic (exact) mass is 575 g/mol. The van der Waals surface area contributed by atoms with Crippen molar-refractivity contribution in [1.82, 2.24) is 0 Å². The highest BCUT2D eigenvalue weighted by molar-refractivity contribution is 7.85. The Morgan fingerprint density at radius 1 is 0.738 bits per heavy atom. The van der Waals surface area contributed by atoms with Crippen molar-refractivity contribution >= 4 is 38.5 Å². The molecular weight excluding hydrogens is 540 g/mol. The zero-order chi connectivity index (χ0) is 29.7. The average Bonchev–Trinajstić information content (AvgIpc) is 3.00. The summed E-state index contributed by atoms with van der Waals surface area (Å²) in [7, 11) is -4.29. The van der Waals surface area contributed by atoms with E-state index in [2.05, 4.69) is 104 Å². The molecule has 5 nitrogen and oxygen atoms in total. The minimum Gasteiger partial charge on any atom is -0.342 e. The van der Waals surface area contributed by atoms with Gasteiger partial charge in [0, 0.05) is 42.2 Å². The van der Waals surface area contributed by atoms with Crippen LogP contribution in [0.25, 0.3) is 5.57 Å². The van der Waals surface area contributed by atoms with Gasteiger partial charge in [-0.05, 0) is 91.1 Å². The van der Waals surface area contributed by atoms with Crippen LogP contribution in [0.5, 0.6) is 0 Å². The Morgan fingerprint density at radius 2 is 1.40 bits per heavy atom. The molecule has 0 atom stereocenters. The lowest BCUT2D eigenvalue weighted by molar-refractivity contribution is -0.434. The van der Waals surface area contributed by atoms with Gasteiger partial charge in [-0.15, -0.1) is 0 Å². The number of benzene rings is 4. The van der Waals surface area contributed by atoms with E-state index in [1.165, 1.54) is 23.4 Å². The first-order valence-electron chi connectivity index (χ1n) is 14.1. The number of hydrogen-bond acceptors (Lipinski definition) is 3. The highest BCUT2D eigenvalue weighted by atomic mass is 32.2. The van der Waals surface area contributed by atoms with Crippen LogP contribution in [0, 0.1) is 6.92 Å². The van der Waals surface area contributed by atoms with Gasteiger partial charge < -0.3 is 4.90 Å². The molecule has 0 unspecified atom stereocenters. The fraction of sp³-hybridized carbons (Fsp3) is 0.139.